The van der Waals surface area contributed by atoms with Gasteiger partial charge in [0.1, 0.15) is 12.2 Å². The van der Waals surface area contributed by atoms with E-state index in [4.69, 9.17) is 30.4 Å². The Hall–Kier alpha value is -0.700. The first-order valence-corrected chi connectivity index (χ1v) is 9.01. The molecule has 1 aromatic carbocycles. The fourth-order valence-electron chi connectivity index (χ4n) is 3.08. The zero-order chi connectivity index (χ0) is 15.8. The predicted octanol–water partition coefficient (Wildman–Crippen LogP) is 2.29. The summed E-state index contributed by atoms with van der Waals surface area (Å²) in [6.45, 7) is -0.198. The summed E-state index contributed by atoms with van der Waals surface area (Å²) >= 11 is 6.24. The second-order valence-electron chi connectivity index (χ2n) is 5.61. The highest BCUT2D eigenvalue weighted by atomic mass is 35.5. The number of hydrogen-bond acceptors (Lipinski definition) is 5. The highest BCUT2D eigenvalue weighted by Crippen LogP contribution is 2.48. The van der Waals surface area contributed by atoms with Crippen molar-refractivity contribution >= 4 is 21.9 Å². The fourth-order valence-corrected chi connectivity index (χ4v) is 3.64. The molecule has 1 saturated carbocycles. The largest absolute Gasteiger partial charge is 0.341 e. The third-order valence-corrected chi connectivity index (χ3v) is 4.83. The molecule has 0 bridgehead atoms. The summed E-state index contributed by atoms with van der Waals surface area (Å²) in [7, 11) is -4.03. The Balaban J connectivity index is 1.85. The number of rotatable bonds is 4. The molecule has 2 unspecified atom stereocenters. The molecule has 1 aliphatic heterocycles. The zero-order valence-corrected chi connectivity index (χ0v) is 13.5. The highest BCUT2D eigenvalue weighted by molar-refractivity contribution is 7.84. The maximum atomic E-state index is 11.0. The predicted molar refractivity (Wildman–Crippen MR) is 80.4 cm³/mol. The zero-order valence-electron chi connectivity index (χ0n) is 11.9. The fraction of sp³-hybridized carbons (Fsp3) is 0.571. The number of hydrogen-bond donors (Lipinski definition) is 1. The van der Waals surface area contributed by atoms with Crippen LogP contribution in [0.1, 0.15) is 37.4 Å². The minimum absolute atomic E-state index is 0.198. The summed E-state index contributed by atoms with van der Waals surface area (Å²) in [6, 6.07) is 7.27. The molecular weight excluding hydrogens is 330 g/mol. The molecule has 8 heteroatoms. The van der Waals surface area contributed by atoms with Crippen LogP contribution in [0, 0.1) is 0 Å². The van der Waals surface area contributed by atoms with Crippen LogP contribution in [0.2, 0.25) is 5.02 Å². The summed E-state index contributed by atoms with van der Waals surface area (Å²) in [5.74, 6) is -0.670. The Bertz CT molecular complexity index is 644. The lowest BCUT2D eigenvalue weighted by atomic mass is 10.1. The summed E-state index contributed by atoms with van der Waals surface area (Å²) in [6.07, 6.45) is 2.53. The maximum Gasteiger partial charge on any atom is 0.333 e. The topological polar surface area (TPSA) is 87.9 Å². The van der Waals surface area contributed by atoms with Gasteiger partial charge in [0, 0.05) is 23.4 Å². The van der Waals surface area contributed by atoms with Gasteiger partial charge in [-0.2, -0.15) is 8.42 Å². The molecule has 2 atom stereocenters. The molecule has 1 heterocycles. The number of ether oxygens (including phenoxy) is 2. The van der Waals surface area contributed by atoms with Crippen molar-refractivity contribution in [3.05, 3.63) is 34.9 Å². The Morgan fingerprint density at radius 2 is 1.95 bits per heavy atom. The van der Waals surface area contributed by atoms with Crippen LogP contribution in [0.5, 0.6) is 0 Å². The third kappa shape index (κ3) is 3.45. The van der Waals surface area contributed by atoms with Crippen molar-refractivity contribution in [3.8, 4) is 0 Å². The first kappa shape index (κ1) is 16.2. The van der Waals surface area contributed by atoms with Gasteiger partial charge in [-0.25, -0.2) is 5.14 Å². The van der Waals surface area contributed by atoms with Crippen molar-refractivity contribution < 1.29 is 22.1 Å². The molecule has 2 aliphatic rings. The summed E-state index contributed by atoms with van der Waals surface area (Å²) in [5.41, 5.74) is 0.760. The van der Waals surface area contributed by atoms with Crippen LogP contribution in [0.4, 0.5) is 0 Å². The van der Waals surface area contributed by atoms with E-state index in [1.807, 2.05) is 18.2 Å². The van der Waals surface area contributed by atoms with Crippen LogP contribution >= 0.6 is 11.6 Å². The molecule has 3 rings (SSSR count). The number of halogens is 1. The van der Waals surface area contributed by atoms with Crippen molar-refractivity contribution in [2.75, 3.05) is 6.61 Å². The second-order valence-corrected chi connectivity index (χ2v) is 7.24. The SMILES string of the molecule is NS(=O)(=O)OCC1OC2(CCCC2)OC1c1ccccc1Cl. The van der Waals surface area contributed by atoms with Crippen molar-refractivity contribution in [3.63, 3.8) is 0 Å². The van der Waals surface area contributed by atoms with Crippen LogP contribution in [0.15, 0.2) is 24.3 Å². The average Bonchev–Trinajstić information content (AvgIpc) is 3.04. The number of benzene rings is 1. The molecule has 22 heavy (non-hydrogen) atoms. The molecule has 0 amide bonds. The van der Waals surface area contributed by atoms with Crippen molar-refractivity contribution in [1.82, 2.24) is 0 Å². The maximum absolute atomic E-state index is 11.0. The summed E-state index contributed by atoms with van der Waals surface area (Å²) in [5, 5.41) is 5.45. The van der Waals surface area contributed by atoms with Gasteiger partial charge in [-0.15, -0.1) is 0 Å². The van der Waals surface area contributed by atoms with Gasteiger partial charge in [0.05, 0.1) is 6.61 Å². The molecule has 2 N–H and O–H groups in total. The average molecular weight is 348 g/mol. The molecule has 0 aromatic heterocycles. The lowest BCUT2D eigenvalue weighted by Crippen LogP contribution is -2.29. The first-order valence-electron chi connectivity index (χ1n) is 7.16. The molecule has 1 aliphatic carbocycles. The Morgan fingerprint density at radius 1 is 1.27 bits per heavy atom. The van der Waals surface area contributed by atoms with Crippen molar-refractivity contribution in [2.45, 2.75) is 43.7 Å². The van der Waals surface area contributed by atoms with E-state index in [0.717, 1.165) is 31.2 Å². The lowest BCUT2D eigenvalue weighted by Gasteiger charge is -2.22. The quantitative estimate of drug-likeness (QED) is 0.902. The van der Waals surface area contributed by atoms with Crippen molar-refractivity contribution in [2.24, 2.45) is 5.14 Å². The van der Waals surface area contributed by atoms with E-state index in [1.165, 1.54) is 0 Å². The Kier molecular flexibility index (Phi) is 4.46. The van der Waals surface area contributed by atoms with E-state index in [0.29, 0.717) is 5.02 Å². The molecule has 1 saturated heterocycles. The van der Waals surface area contributed by atoms with Gasteiger partial charge in [-0.1, -0.05) is 29.8 Å². The molecule has 1 aromatic rings. The monoisotopic (exact) mass is 347 g/mol. The van der Waals surface area contributed by atoms with Crippen LogP contribution < -0.4 is 5.14 Å². The Morgan fingerprint density at radius 3 is 2.59 bits per heavy atom. The van der Waals surface area contributed by atoms with Gasteiger partial charge in [0.15, 0.2) is 5.79 Å². The van der Waals surface area contributed by atoms with Gasteiger partial charge < -0.3 is 9.47 Å². The lowest BCUT2D eigenvalue weighted by molar-refractivity contribution is -0.171. The second kappa shape index (κ2) is 6.07. The van der Waals surface area contributed by atoms with E-state index < -0.39 is 28.3 Å². The van der Waals surface area contributed by atoms with Gasteiger partial charge in [0.2, 0.25) is 0 Å². The van der Waals surface area contributed by atoms with E-state index in [9.17, 15) is 8.42 Å². The molecule has 0 radical (unpaired) electrons. The van der Waals surface area contributed by atoms with Crippen LogP contribution in [-0.4, -0.2) is 26.9 Å². The summed E-state index contributed by atoms with van der Waals surface area (Å²) < 4.78 is 38.9. The highest BCUT2D eigenvalue weighted by Gasteiger charge is 2.50. The molecule has 2 fully saturated rings. The van der Waals surface area contributed by atoms with Gasteiger partial charge in [-0.05, 0) is 18.9 Å². The van der Waals surface area contributed by atoms with Crippen LogP contribution in [-0.2, 0) is 24.0 Å². The summed E-state index contributed by atoms with van der Waals surface area (Å²) in [4.78, 5) is 0. The number of nitrogens with two attached hydrogens (primary N) is 1. The molecule has 1 spiro atoms. The third-order valence-electron chi connectivity index (χ3n) is 4.02. The van der Waals surface area contributed by atoms with Crippen LogP contribution in [0.25, 0.3) is 0 Å². The smallest absolute Gasteiger partial charge is 0.333 e. The Labute approximate surface area is 134 Å². The van der Waals surface area contributed by atoms with Gasteiger partial charge in [-0.3, -0.25) is 4.18 Å². The minimum atomic E-state index is -4.03. The van der Waals surface area contributed by atoms with Crippen LogP contribution in [0.3, 0.4) is 0 Å². The van der Waals surface area contributed by atoms with E-state index in [-0.39, 0.29) is 6.61 Å². The molecule has 122 valence electrons. The molecular formula is C14H18ClNO5S. The minimum Gasteiger partial charge on any atom is -0.341 e. The van der Waals surface area contributed by atoms with Gasteiger partial charge in [0.25, 0.3) is 0 Å². The van der Waals surface area contributed by atoms with E-state index in [1.54, 1.807) is 6.07 Å². The molecule has 6 nitrogen and oxygen atoms in total. The first-order chi connectivity index (χ1) is 10.4. The standard InChI is InChI=1S/C14H18ClNO5S/c15-11-6-2-1-5-10(11)13-12(9-19-22(16,17)18)20-14(21-13)7-3-4-8-14/h1-2,5-6,12-13H,3-4,7-9H2,(H2,16,17,18). The van der Waals surface area contributed by atoms with E-state index >= 15 is 0 Å². The van der Waals surface area contributed by atoms with Crippen molar-refractivity contribution in [1.29, 1.82) is 0 Å². The van der Waals surface area contributed by atoms with E-state index in [2.05, 4.69) is 0 Å². The van der Waals surface area contributed by atoms with Gasteiger partial charge >= 0.3 is 10.3 Å². The normalized spacial score (nSPS) is 27.5.